The minimum atomic E-state index is -3.06. The molecule has 1 aliphatic rings. The second-order valence-electron chi connectivity index (χ2n) is 7.94. The minimum absolute atomic E-state index is 0.0701. The number of sulfone groups is 1. The van der Waals surface area contributed by atoms with Crippen molar-refractivity contribution in [3.63, 3.8) is 0 Å². The highest BCUT2D eigenvalue weighted by Crippen LogP contribution is 2.40. The van der Waals surface area contributed by atoms with Gasteiger partial charge in [0.25, 0.3) is 5.91 Å². The Labute approximate surface area is 164 Å². The molecule has 3 heterocycles. The van der Waals surface area contributed by atoms with Gasteiger partial charge < -0.3 is 15.1 Å². The average Bonchev–Trinajstić information content (AvgIpc) is 3.30. The summed E-state index contributed by atoms with van der Waals surface area (Å²) in [5, 5.41) is 0.572. The number of furan rings is 1. The summed E-state index contributed by atoms with van der Waals surface area (Å²) in [7, 11) is -3.06. The van der Waals surface area contributed by atoms with Crippen LogP contribution < -0.4 is 5.73 Å². The Morgan fingerprint density at radius 2 is 2.07 bits per heavy atom. The molecule has 148 valence electrons. The fraction of sp³-hybridized carbons (Fsp3) is 0.381. The molecule has 3 N–H and O–H groups in total. The van der Waals surface area contributed by atoms with Gasteiger partial charge in [0.1, 0.15) is 0 Å². The van der Waals surface area contributed by atoms with Crippen LogP contribution in [-0.2, 0) is 9.84 Å². The SMILES string of the molecule is CC(C)C1C[C@H](c2c[nH]c3c(C(N)=O)cc(-c4ccoc4)cc23)CCS1(=O)=O. The first-order valence-electron chi connectivity index (χ1n) is 9.47. The van der Waals surface area contributed by atoms with Crippen LogP contribution in [0.4, 0.5) is 0 Å². The third-order valence-corrected chi connectivity index (χ3v) is 8.32. The van der Waals surface area contributed by atoms with Gasteiger partial charge in [-0.05, 0) is 54.0 Å². The number of hydrogen-bond donors (Lipinski definition) is 2. The third-order valence-electron chi connectivity index (χ3n) is 5.85. The molecule has 6 nitrogen and oxygen atoms in total. The van der Waals surface area contributed by atoms with E-state index in [1.807, 2.05) is 32.2 Å². The summed E-state index contributed by atoms with van der Waals surface area (Å²) in [4.78, 5) is 15.2. The second kappa shape index (κ2) is 6.81. The first-order chi connectivity index (χ1) is 13.3. The van der Waals surface area contributed by atoms with Crippen LogP contribution in [0.5, 0.6) is 0 Å². The number of fused-ring (bicyclic) bond motifs is 1. The predicted octanol–water partition coefficient (Wildman–Crippen LogP) is 3.84. The lowest BCUT2D eigenvalue weighted by Crippen LogP contribution is -2.35. The number of carbonyl (C=O) groups is 1. The largest absolute Gasteiger partial charge is 0.472 e. The Kier molecular flexibility index (Phi) is 4.57. The monoisotopic (exact) mass is 400 g/mol. The van der Waals surface area contributed by atoms with Gasteiger partial charge in [-0.3, -0.25) is 4.79 Å². The van der Waals surface area contributed by atoms with Gasteiger partial charge in [0.05, 0.1) is 34.6 Å². The number of carbonyl (C=O) groups excluding carboxylic acids is 1. The Balaban J connectivity index is 1.83. The van der Waals surface area contributed by atoms with Gasteiger partial charge in [-0.25, -0.2) is 8.42 Å². The summed E-state index contributed by atoms with van der Waals surface area (Å²) >= 11 is 0. The number of H-pyrrole nitrogens is 1. The molecule has 0 saturated carbocycles. The Morgan fingerprint density at radius 1 is 1.29 bits per heavy atom. The fourth-order valence-electron chi connectivity index (χ4n) is 4.35. The molecule has 2 atom stereocenters. The standard InChI is InChI=1S/C21H24N2O4S/c1-12(2)19-9-13(4-6-28(19,25)26)18-10-23-20-16(18)7-15(8-17(20)21(22)24)14-3-5-27-11-14/h3,5,7-8,10-13,19,23H,4,6,9H2,1-2H3,(H2,22,24)/t13-,19?/m1/s1. The first kappa shape index (κ1) is 18.8. The summed E-state index contributed by atoms with van der Waals surface area (Å²) in [6.07, 6.45) is 6.28. The van der Waals surface area contributed by atoms with E-state index in [-0.39, 0.29) is 22.8 Å². The lowest BCUT2D eigenvalue weighted by molar-refractivity contribution is 0.100. The summed E-state index contributed by atoms with van der Waals surface area (Å²) in [6, 6.07) is 5.62. The zero-order chi connectivity index (χ0) is 20.1. The molecule has 7 heteroatoms. The Hall–Kier alpha value is -2.54. The maximum atomic E-state index is 12.5. The van der Waals surface area contributed by atoms with Crippen molar-refractivity contribution in [2.45, 2.75) is 37.9 Å². The number of aromatic amines is 1. The van der Waals surface area contributed by atoms with E-state index in [0.29, 0.717) is 23.9 Å². The molecule has 28 heavy (non-hydrogen) atoms. The molecule has 1 fully saturated rings. The highest BCUT2D eigenvalue weighted by Gasteiger charge is 2.37. The van der Waals surface area contributed by atoms with Crippen molar-refractivity contribution < 1.29 is 17.6 Å². The molecule has 1 aliphatic heterocycles. The number of nitrogens with two attached hydrogens (primary N) is 1. The Morgan fingerprint density at radius 3 is 2.71 bits per heavy atom. The molecule has 4 rings (SSSR count). The van der Waals surface area contributed by atoms with Gasteiger partial charge in [-0.1, -0.05) is 13.8 Å². The van der Waals surface area contributed by atoms with E-state index in [0.717, 1.165) is 22.1 Å². The van der Waals surface area contributed by atoms with Crippen molar-refractivity contribution >= 4 is 26.6 Å². The Bertz CT molecular complexity index is 1130. The summed E-state index contributed by atoms with van der Waals surface area (Å²) in [5.41, 5.74) is 9.50. The van der Waals surface area contributed by atoms with E-state index in [1.54, 1.807) is 18.6 Å². The highest BCUT2D eigenvalue weighted by molar-refractivity contribution is 7.92. The van der Waals surface area contributed by atoms with Crippen LogP contribution in [0, 0.1) is 5.92 Å². The lowest BCUT2D eigenvalue weighted by atomic mass is 9.87. The molecule has 1 aromatic carbocycles. The van der Waals surface area contributed by atoms with Gasteiger partial charge >= 0.3 is 0 Å². The molecule has 1 amide bonds. The van der Waals surface area contributed by atoms with Crippen LogP contribution in [0.15, 0.2) is 41.3 Å². The third kappa shape index (κ3) is 3.13. The zero-order valence-corrected chi connectivity index (χ0v) is 16.8. The first-order valence-corrected chi connectivity index (χ1v) is 11.2. The molecule has 2 aromatic heterocycles. The van der Waals surface area contributed by atoms with Crippen LogP contribution in [0.25, 0.3) is 22.0 Å². The van der Waals surface area contributed by atoms with Gasteiger partial charge in [0, 0.05) is 17.1 Å². The number of rotatable bonds is 4. The number of amides is 1. The van der Waals surface area contributed by atoms with Gasteiger partial charge in [-0.15, -0.1) is 0 Å². The molecule has 0 radical (unpaired) electrons. The molecule has 0 spiro atoms. The van der Waals surface area contributed by atoms with Crippen LogP contribution in [0.2, 0.25) is 0 Å². The summed E-state index contributed by atoms with van der Waals surface area (Å²) in [5.74, 6) is -0.127. The number of nitrogens with one attached hydrogen (secondary N) is 1. The van der Waals surface area contributed by atoms with Crippen LogP contribution >= 0.6 is 0 Å². The number of aromatic nitrogens is 1. The van der Waals surface area contributed by atoms with Crippen molar-refractivity contribution in [3.8, 4) is 11.1 Å². The summed E-state index contributed by atoms with van der Waals surface area (Å²) < 4.78 is 30.1. The fourth-order valence-corrected chi connectivity index (χ4v) is 6.62. The highest BCUT2D eigenvalue weighted by atomic mass is 32.2. The van der Waals surface area contributed by atoms with Crippen LogP contribution in [0.1, 0.15) is 48.5 Å². The van der Waals surface area contributed by atoms with E-state index in [9.17, 15) is 13.2 Å². The normalized spacial score (nSPS) is 22.0. The maximum Gasteiger partial charge on any atom is 0.250 e. The number of primary amides is 1. The maximum absolute atomic E-state index is 12.5. The predicted molar refractivity (Wildman–Crippen MR) is 109 cm³/mol. The number of hydrogen-bond acceptors (Lipinski definition) is 4. The molecule has 1 saturated heterocycles. The van der Waals surface area contributed by atoms with Gasteiger partial charge in [-0.2, -0.15) is 0 Å². The minimum Gasteiger partial charge on any atom is -0.472 e. The average molecular weight is 401 g/mol. The quantitative estimate of drug-likeness (QED) is 0.694. The molecular formula is C21H24N2O4S. The second-order valence-corrected chi connectivity index (χ2v) is 10.3. The molecule has 1 unspecified atom stereocenters. The smallest absolute Gasteiger partial charge is 0.250 e. The van der Waals surface area contributed by atoms with E-state index in [4.69, 9.17) is 10.2 Å². The molecule has 0 bridgehead atoms. The van der Waals surface area contributed by atoms with Crippen molar-refractivity contribution in [1.82, 2.24) is 4.98 Å². The van der Waals surface area contributed by atoms with E-state index in [2.05, 4.69) is 4.98 Å². The van der Waals surface area contributed by atoms with E-state index >= 15 is 0 Å². The number of benzene rings is 1. The van der Waals surface area contributed by atoms with Crippen molar-refractivity contribution in [1.29, 1.82) is 0 Å². The van der Waals surface area contributed by atoms with Crippen LogP contribution in [-0.4, -0.2) is 30.3 Å². The zero-order valence-electron chi connectivity index (χ0n) is 15.9. The van der Waals surface area contributed by atoms with Gasteiger partial charge in [0.2, 0.25) is 0 Å². The lowest BCUT2D eigenvalue weighted by Gasteiger charge is -2.31. The van der Waals surface area contributed by atoms with Crippen molar-refractivity contribution in [3.05, 3.63) is 48.0 Å². The van der Waals surface area contributed by atoms with E-state index in [1.165, 1.54) is 0 Å². The molecular weight excluding hydrogens is 376 g/mol. The molecule has 3 aromatic rings. The summed E-state index contributed by atoms with van der Waals surface area (Å²) in [6.45, 7) is 3.92. The molecule has 0 aliphatic carbocycles. The van der Waals surface area contributed by atoms with Crippen molar-refractivity contribution in [2.75, 3.05) is 5.75 Å². The van der Waals surface area contributed by atoms with Crippen molar-refractivity contribution in [2.24, 2.45) is 11.7 Å². The topological polar surface area (TPSA) is 106 Å². The van der Waals surface area contributed by atoms with Crippen LogP contribution in [0.3, 0.4) is 0 Å². The van der Waals surface area contributed by atoms with Gasteiger partial charge in [0.15, 0.2) is 9.84 Å². The van der Waals surface area contributed by atoms with E-state index < -0.39 is 15.7 Å².